The Hall–Kier alpha value is -0.770. The van der Waals surface area contributed by atoms with Crippen molar-refractivity contribution in [1.29, 1.82) is 0 Å². The van der Waals surface area contributed by atoms with Crippen LogP contribution in [0.15, 0.2) is 0 Å². The van der Waals surface area contributed by atoms with E-state index in [0.717, 1.165) is 17.0 Å². The summed E-state index contributed by atoms with van der Waals surface area (Å²) in [5, 5.41) is 4.03. The molecule has 0 aliphatic heterocycles. The van der Waals surface area contributed by atoms with Gasteiger partial charge in [-0.15, -0.1) is 5.10 Å². The van der Waals surface area contributed by atoms with Crippen molar-refractivity contribution in [3.8, 4) is 0 Å². The molecule has 90 valence electrons. The van der Waals surface area contributed by atoms with Crippen molar-refractivity contribution in [3.05, 3.63) is 10.6 Å². The highest BCUT2D eigenvalue weighted by Gasteiger charge is 2.20. The first-order chi connectivity index (χ1) is 7.31. The fourth-order valence-electron chi connectivity index (χ4n) is 1.37. The smallest absolute Gasteiger partial charge is 0.176 e. The van der Waals surface area contributed by atoms with Gasteiger partial charge in [-0.05, 0) is 29.3 Å². The van der Waals surface area contributed by atoms with Crippen LogP contribution in [0, 0.1) is 5.41 Å². The molecule has 16 heavy (non-hydrogen) atoms. The predicted octanol–water partition coefficient (Wildman–Crippen LogP) is 3.67. The van der Waals surface area contributed by atoms with Gasteiger partial charge in [0, 0.05) is 6.42 Å². The van der Waals surface area contributed by atoms with Gasteiger partial charge in [0.25, 0.3) is 0 Å². The Labute approximate surface area is 101 Å². The molecule has 0 aliphatic carbocycles. The molecule has 0 fully saturated rings. The molecule has 0 unspecified atom stereocenters. The molecule has 1 aromatic heterocycles. The number of hydrogen-bond donors (Lipinski definition) is 0. The maximum atomic E-state index is 12.0. The van der Waals surface area contributed by atoms with E-state index in [0.29, 0.717) is 6.42 Å². The topological polar surface area (TPSA) is 42.9 Å². The third-order valence-corrected chi connectivity index (χ3v) is 3.20. The van der Waals surface area contributed by atoms with E-state index in [1.54, 1.807) is 0 Å². The van der Waals surface area contributed by atoms with Crippen LogP contribution >= 0.6 is 11.5 Å². The number of nitrogens with zero attached hydrogens (tertiary/aromatic N) is 2. The van der Waals surface area contributed by atoms with Gasteiger partial charge in [-0.3, -0.25) is 4.79 Å². The first-order valence-electron chi connectivity index (χ1n) is 5.66. The number of aromatic nitrogens is 2. The average Bonchev–Trinajstić information content (AvgIpc) is 2.61. The van der Waals surface area contributed by atoms with Crippen molar-refractivity contribution in [2.75, 3.05) is 0 Å². The molecule has 4 heteroatoms. The monoisotopic (exact) mass is 240 g/mol. The van der Waals surface area contributed by atoms with Crippen LogP contribution in [-0.2, 0) is 0 Å². The summed E-state index contributed by atoms with van der Waals surface area (Å²) in [6.07, 6.45) is 1.49. The lowest BCUT2D eigenvalue weighted by Crippen LogP contribution is -2.09. The van der Waals surface area contributed by atoms with Crippen LogP contribution in [0.5, 0.6) is 0 Å². The van der Waals surface area contributed by atoms with E-state index in [1.807, 2.05) is 13.8 Å². The number of ketones is 1. The third-order valence-electron chi connectivity index (χ3n) is 2.42. The fourth-order valence-corrected chi connectivity index (χ4v) is 2.16. The Morgan fingerprint density at radius 3 is 2.50 bits per heavy atom. The largest absolute Gasteiger partial charge is 0.293 e. The van der Waals surface area contributed by atoms with Crippen molar-refractivity contribution < 1.29 is 4.79 Å². The second-order valence-corrected chi connectivity index (χ2v) is 6.38. The molecular formula is C12H20N2OS. The van der Waals surface area contributed by atoms with Crippen LogP contribution in [-0.4, -0.2) is 15.4 Å². The molecule has 0 aliphatic rings. The van der Waals surface area contributed by atoms with Gasteiger partial charge in [-0.25, -0.2) is 0 Å². The summed E-state index contributed by atoms with van der Waals surface area (Å²) in [5.41, 5.74) is 1.05. The first-order valence-corrected chi connectivity index (χ1v) is 6.44. The van der Waals surface area contributed by atoms with Crippen molar-refractivity contribution in [3.63, 3.8) is 0 Å². The minimum absolute atomic E-state index is 0.189. The second kappa shape index (κ2) is 5.04. The molecule has 0 spiro atoms. The molecule has 0 amide bonds. The van der Waals surface area contributed by atoms with Crippen LogP contribution in [0.3, 0.4) is 0 Å². The summed E-state index contributed by atoms with van der Waals surface area (Å²) in [7, 11) is 0. The summed E-state index contributed by atoms with van der Waals surface area (Å²) >= 11 is 1.23. The van der Waals surface area contributed by atoms with E-state index in [2.05, 4.69) is 30.4 Å². The number of carbonyl (C=O) groups is 1. The maximum Gasteiger partial charge on any atom is 0.176 e. The van der Waals surface area contributed by atoms with E-state index in [1.165, 1.54) is 11.5 Å². The molecule has 3 nitrogen and oxygen atoms in total. The molecule has 0 bridgehead atoms. The van der Waals surface area contributed by atoms with Crippen molar-refractivity contribution >= 4 is 17.3 Å². The zero-order valence-corrected chi connectivity index (χ0v) is 11.5. The van der Waals surface area contributed by atoms with Gasteiger partial charge in [-0.2, -0.15) is 0 Å². The van der Waals surface area contributed by atoms with Gasteiger partial charge >= 0.3 is 0 Å². The second-order valence-electron chi connectivity index (χ2n) is 5.63. The quantitative estimate of drug-likeness (QED) is 0.754. The van der Waals surface area contributed by atoms with Gasteiger partial charge in [-0.1, -0.05) is 39.1 Å². The molecule has 1 heterocycles. The summed E-state index contributed by atoms with van der Waals surface area (Å²) < 4.78 is 3.88. The molecule has 1 rings (SSSR count). The van der Waals surface area contributed by atoms with E-state index < -0.39 is 0 Å². The van der Waals surface area contributed by atoms with Crippen LogP contribution in [0.1, 0.15) is 68.7 Å². The van der Waals surface area contributed by atoms with Gasteiger partial charge in [0.05, 0.1) is 5.69 Å². The molecule has 0 atom stereocenters. The van der Waals surface area contributed by atoms with Crippen LogP contribution < -0.4 is 0 Å². The van der Waals surface area contributed by atoms with E-state index >= 15 is 0 Å². The summed E-state index contributed by atoms with van der Waals surface area (Å²) in [4.78, 5) is 12.8. The Kier molecular flexibility index (Phi) is 4.19. The summed E-state index contributed by atoms with van der Waals surface area (Å²) in [5.74, 6) is 0.459. The van der Waals surface area contributed by atoms with E-state index in [9.17, 15) is 4.79 Å². The summed E-state index contributed by atoms with van der Waals surface area (Å²) in [6, 6.07) is 0. The van der Waals surface area contributed by atoms with Crippen LogP contribution in [0.25, 0.3) is 0 Å². The zero-order valence-electron chi connectivity index (χ0n) is 10.7. The molecule has 0 N–H and O–H groups in total. The first kappa shape index (κ1) is 13.3. The number of hydrogen-bond acceptors (Lipinski definition) is 4. The van der Waals surface area contributed by atoms with Crippen LogP contribution in [0.4, 0.5) is 0 Å². The molecule has 0 saturated heterocycles. The highest BCUT2D eigenvalue weighted by atomic mass is 32.1. The van der Waals surface area contributed by atoms with Crippen molar-refractivity contribution in [1.82, 2.24) is 9.59 Å². The van der Waals surface area contributed by atoms with Crippen molar-refractivity contribution in [2.24, 2.45) is 5.41 Å². The number of Topliss-reactive ketones (excluding diaryl/α,β-unsaturated/α-hetero) is 1. The SMILES string of the molecule is CC(C)c1nnsc1C(=O)CCC(C)(C)C. The highest BCUT2D eigenvalue weighted by molar-refractivity contribution is 7.08. The highest BCUT2D eigenvalue weighted by Crippen LogP contribution is 2.25. The Bertz CT molecular complexity index is 363. The molecule has 1 aromatic rings. The van der Waals surface area contributed by atoms with Crippen LogP contribution in [0.2, 0.25) is 0 Å². The fraction of sp³-hybridized carbons (Fsp3) is 0.750. The Morgan fingerprint density at radius 2 is 2.00 bits per heavy atom. The van der Waals surface area contributed by atoms with Gasteiger partial charge in [0.2, 0.25) is 0 Å². The minimum atomic E-state index is 0.189. The van der Waals surface area contributed by atoms with Crippen molar-refractivity contribution in [2.45, 2.75) is 53.4 Å². The zero-order chi connectivity index (χ0) is 12.3. The van der Waals surface area contributed by atoms with Gasteiger partial charge in [0.15, 0.2) is 5.78 Å². The lowest BCUT2D eigenvalue weighted by molar-refractivity contribution is 0.0968. The van der Waals surface area contributed by atoms with E-state index in [-0.39, 0.29) is 17.1 Å². The number of rotatable bonds is 4. The molecule has 0 radical (unpaired) electrons. The minimum Gasteiger partial charge on any atom is -0.293 e. The lowest BCUT2D eigenvalue weighted by atomic mass is 9.89. The average molecular weight is 240 g/mol. The third kappa shape index (κ3) is 3.67. The standard InChI is InChI=1S/C12H20N2OS/c1-8(2)10-11(16-14-13-10)9(15)6-7-12(3,4)5/h8H,6-7H2,1-5H3. The van der Waals surface area contributed by atoms with Gasteiger partial charge in [0.1, 0.15) is 4.88 Å². The number of carbonyl (C=O) groups excluding carboxylic acids is 1. The molecular weight excluding hydrogens is 220 g/mol. The predicted molar refractivity (Wildman–Crippen MR) is 67.0 cm³/mol. The normalized spacial score (nSPS) is 12.1. The lowest BCUT2D eigenvalue weighted by Gasteiger charge is -2.16. The molecule has 0 aromatic carbocycles. The molecule has 0 saturated carbocycles. The Morgan fingerprint density at radius 1 is 1.38 bits per heavy atom. The maximum absolute atomic E-state index is 12.0. The van der Waals surface area contributed by atoms with Gasteiger partial charge < -0.3 is 0 Å². The van der Waals surface area contributed by atoms with E-state index in [4.69, 9.17) is 0 Å². The Balaban J connectivity index is 2.70. The summed E-state index contributed by atoms with van der Waals surface area (Å²) in [6.45, 7) is 10.5.